The van der Waals surface area contributed by atoms with Crippen LogP contribution in [0.25, 0.3) is 0 Å². The number of hydrogen-bond donors (Lipinski definition) is 0. The maximum atomic E-state index is 12.3. The summed E-state index contributed by atoms with van der Waals surface area (Å²) in [5, 5.41) is 10.3. The van der Waals surface area contributed by atoms with Gasteiger partial charge in [0.1, 0.15) is 4.90 Å². The fourth-order valence-corrected chi connectivity index (χ4v) is 2.22. The molecule has 1 aromatic rings. The third-order valence-corrected chi connectivity index (χ3v) is 3.34. The van der Waals surface area contributed by atoms with Crippen molar-refractivity contribution in [3.05, 3.63) is 32.8 Å². The van der Waals surface area contributed by atoms with E-state index in [4.69, 9.17) is 0 Å². The maximum Gasteiger partial charge on any atom is 0.310 e. The first-order chi connectivity index (χ1) is 6.81. The molecule has 3 nitrogen and oxygen atoms in total. The summed E-state index contributed by atoms with van der Waals surface area (Å²) in [5.74, 6) is 0. The van der Waals surface area contributed by atoms with Crippen LogP contribution < -0.4 is 0 Å². The second kappa shape index (κ2) is 2.86. The molecule has 0 heterocycles. The van der Waals surface area contributed by atoms with Crippen molar-refractivity contribution in [1.29, 1.82) is 0 Å². The van der Waals surface area contributed by atoms with Gasteiger partial charge in [-0.05, 0) is 28.1 Å². The summed E-state index contributed by atoms with van der Waals surface area (Å²) in [4.78, 5) is 7.10. The quantitative estimate of drug-likeness (QED) is 0.435. The standard InChI is InChI=1S/C6H3BrF5NO2S/c7-5-3-4(16(8,9,10,11)12)1-2-6(5)13(14)15/h1-3H. The number of nitrogens with zero attached hydrogens (tertiary/aromatic N) is 1. The zero-order valence-corrected chi connectivity index (χ0v) is 9.57. The van der Waals surface area contributed by atoms with Crippen molar-refractivity contribution in [2.24, 2.45) is 0 Å². The Bertz CT molecular complexity index is 473. The minimum atomic E-state index is -9.78. The normalized spacial score (nSPS) is 16.4. The zero-order valence-electron chi connectivity index (χ0n) is 7.17. The van der Waals surface area contributed by atoms with Crippen LogP contribution in [0.3, 0.4) is 0 Å². The van der Waals surface area contributed by atoms with Gasteiger partial charge in [0.05, 0.1) is 9.40 Å². The van der Waals surface area contributed by atoms with Crippen LogP contribution in [-0.4, -0.2) is 4.92 Å². The molecule has 1 rings (SSSR count). The average Bonchev–Trinajstić information content (AvgIpc) is 1.98. The predicted octanol–water partition coefficient (Wildman–Crippen LogP) is 5.01. The van der Waals surface area contributed by atoms with Gasteiger partial charge in [0.2, 0.25) is 0 Å². The summed E-state index contributed by atoms with van der Waals surface area (Å²) in [6.07, 6.45) is 0. The smallest absolute Gasteiger partial charge is 0.258 e. The van der Waals surface area contributed by atoms with E-state index in [0.717, 1.165) is 0 Å². The molecule has 10 heteroatoms. The lowest BCUT2D eigenvalue weighted by molar-refractivity contribution is -0.385. The molecular formula is C6H3BrF5NO2S. The largest absolute Gasteiger partial charge is 0.310 e. The van der Waals surface area contributed by atoms with Crippen molar-refractivity contribution < 1.29 is 24.4 Å². The molecule has 0 aliphatic rings. The molecule has 0 N–H and O–H groups in total. The van der Waals surface area contributed by atoms with E-state index in [9.17, 15) is 29.5 Å². The van der Waals surface area contributed by atoms with Gasteiger partial charge in [-0.2, -0.15) is 0 Å². The fourth-order valence-electron chi connectivity index (χ4n) is 0.876. The van der Waals surface area contributed by atoms with E-state index in [-0.39, 0.29) is 12.1 Å². The molecule has 0 amide bonds. The Morgan fingerprint density at radius 3 is 2.00 bits per heavy atom. The number of nitro groups is 1. The summed E-state index contributed by atoms with van der Waals surface area (Å²) in [7, 11) is -9.78. The molecule has 1 aromatic carbocycles. The molecule has 0 atom stereocenters. The molecule has 0 radical (unpaired) electrons. The van der Waals surface area contributed by atoms with E-state index in [1.165, 1.54) is 0 Å². The molecule has 0 aromatic heterocycles. The third-order valence-electron chi connectivity index (χ3n) is 1.56. The summed E-state index contributed by atoms with van der Waals surface area (Å²) in [6, 6.07) is 0.363. The number of rotatable bonds is 2. The lowest BCUT2D eigenvalue weighted by Gasteiger charge is -2.40. The van der Waals surface area contributed by atoms with Gasteiger partial charge in [0.15, 0.2) is 0 Å². The molecule has 0 saturated carbocycles. The summed E-state index contributed by atoms with van der Waals surface area (Å²) in [5.41, 5.74) is -0.717. The lowest BCUT2D eigenvalue weighted by Crippen LogP contribution is -2.06. The van der Waals surface area contributed by atoms with Crippen molar-refractivity contribution in [3.8, 4) is 0 Å². The van der Waals surface area contributed by atoms with Crippen LogP contribution in [0.4, 0.5) is 25.1 Å². The van der Waals surface area contributed by atoms with Crippen LogP contribution >= 0.6 is 26.2 Å². The Kier molecular flexibility index (Phi) is 2.35. The van der Waals surface area contributed by atoms with Crippen molar-refractivity contribution in [1.82, 2.24) is 0 Å². The highest BCUT2D eigenvalue weighted by Crippen LogP contribution is 3.02. The summed E-state index contributed by atoms with van der Waals surface area (Å²) in [6.45, 7) is 0. The highest BCUT2D eigenvalue weighted by molar-refractivity contribution is 9.10. The predicted molar refractivity (Wildman–Crippen MR) is 52.2 cm³/mol. The van der Waals surface area contributed by atoms with E-state index in [1.807, 2.05) is 0 Å². The van der Waals surface area contributed by atoms with E-state index >= 15 is 0 Å². The van der Waals surface area contributed by atoms with Crippen molar-refractivity contribution >= 4 is 31.8 Å². The highest BCUT2D eigenvalue weighted by atomic mass is 79.9. The number of benzene rings is 1. The van der Waals surface area contributed by atoms with Crippen LogP contribution in [0.15, 0.2) is 27.6 Å². The second-order valence-electron chi connectivity index (χ2n) is 2.84. The molecule has 16 heavy (non-hydrogen) atoms. The Balaban J connectivity index is 3.45. The topological polar surface area (TPSA) is 43.1 Å². The van der Waals surface area contributed by atoms with Gasteiger partial charge >= 0.3 is 10.2 Å². The Hall–Kier alpha value is -0.900. The fraction of sp³-hybridized carbons (Fsp3) is 0. The zero-order chi connectivity index (χ0) is 12.8. The first-order valence-electron chi connectivity index (χ1n) is 3.49. The summed E-state index contributed by atoms with van der Waals surface area (Å²) >= 11 is 2.43. The molecule has 0 fully saturated rings. The lowest BCUT2D eigenvalue weighted by atomic mass is 10.3. The minimum Gasteiger partial charge on any atom is -0.258 e. The number of halogens is 6. The third kappa shape index (κ3) is 2.82. The molecule has 0 spiro atoms. The highest BCUT2D eigenvalue weighted by Gasteiger charge is 2.65. The first-order valence-corrected chi connectivity index (χ1v) is 6.24. The van der Waals surface area contributed by atoms with E-state index in [2.05, 4.69) is 15.9 Å². The maximum absolute atomic E-state index is 12.3. The Labute approximate surface area is 94.3 Å². The van der Waals surface area contributed by atoms with Crippen molar-refractivity contribution in [3.63, 3.8) is 0 Å². The van der Waals surface area contributed by atoms with E-state index < -0.39 is 30.2 Å². The van der Waals surface area contributed by atoms with Gasteiger partial charge in [-0.25, -0.2) is 0 Å². The van der Waals surface area contributed by atoms with Crippen LogP contribution in [0, 0.1) is 10.1 Å². The minimum absolute atomic E-state index is 0.000309. The SMILES string of the molecule is O=[N+]([O-])c1ccc(S(F)(F)(F)(F)F)cc1Br. The monoisotopic (exact) mass is 327 g/mol. The second-order valence-corrected chi connectivity index (χ2v) is 6.10. The van der Waals surface area contributed by atoms with Gasteiger partial charge in [-0.3, -0.25) is 10.1 Å². The van der Waals surface area contributed by atoms with Gasteiger partial charge in [-0.15, -0.1) is 0 Å². The molecule has 0 bridgehead atoms. The van der Waals surface area contributed by atoms with Crippen LogP contribution in [-0.2, 0) is 0 Å². The summed E-state index contributed by atoms with van der Waals surface area (Å²) < 4.78 is 60.7. The molecule has 0 saturated heterocycles. The van der Waals surface area contributed by atoms with Crippen molar-refractivity contribution in [2.45, 2.75) is 4.90 Å². The Morgan fingerprint density at radius 1 is 1.19 bits per heavy atom. The average molecular weight is 328 g/mol. The van der Waals surface area contributed by atoms with Gasteiger partial charge in [-0.1, -0.05) is 19.4 Å². The molecule has 0 aliphatic carbocycles. The van der Waals surface area contributed by atoms with Crippen LogP contribution in [0.2, 0.25) is 0 Å². The molecular weight excluding hydrogens is 325 g/mol. The Morgan fingerprint density at radius 2 is 1.69 bits per heavy atom. The number of nitro benzene ring substituents is 1. The molecule has 92 valence electrons. The molecule has 0 aliphatic heterocycles. The van der Waals surface area contributed by atoms with Crippen LogP contribution in [0.1, 0.15) is 0 Å². The number of hydrogen-bond acceptors (Lipinski definition) is 2. The van der Waals surface area contributed by atoms with Crippen LogP contribution in [0.5, 0.6) is 0 Å². The van der Waals surface area contributed by atoms with E-state index in [1.54, 1.807) is 0 Å². The van der Waals surface area contributed by atoms with Gasteiger partial charge in [0.25, 0.3) is 5.69 Å². The van der Waals surface area contributed by atoms with Gasteiger partial charge < -0.3 is 0 Å². The first kappa shape index (κ1) is 13.2. The molecule has 0 unspecified atom stereocenters. The van der Waals surface area contributed by atoms with Crippen molar-refractivity contribution in [2.75, 3.05) is 0 Å². The van der Waals surface area contributed by atoms with E-state index in [0.29, 0.717) is 6.07 Å². The van der Waals surface area contributed by atoms with Gasteiger partial charge in [0, 0.05) is 6.07 Å².